The van der Waals surface area contributed by atoms with Gasteiger partial charge in [0.2, 0.25) is 5.91 Å². The lowest BCUT2D eigenvalue weighted by Gasteiger charge is -2.17. The van der Waals surface area contributed by atoms with E-state index < -0.39 is 0 Å². The zero-order valence-corrected chi connectivity index (χ0v) is 16.2. The molecule has 152 valence electrons. The van der Waals surface area contributed by atoms with Gasteiger partial charge in [-0.2, -0.15) is 10.1 Å². The average Bonchev–Trinajstić information content (AvgIpc) is 3.54. The lowest BCUT2D eigenvalue weighted by molar-refractivity contribution is -0.128. The maximum atomic E-state index is 12.5. The van der Waals surface area contributed by atoms with E-state index in [2.05, 4.69) is 20.3 Å². The summed E-state index contributed by atoms with van der Waals surface area (Å²) in [6.45, 7) is 1.01. The molecule has 1 unspecified atom stereocenters. The van der Waals surface area contributed by atoms with Gasteiger partial charge in [-0.15, -0.1) is 0 Å². The van der Waals surface area contributed by atoms with E-state index in [0.29, 0.717) is 48.4 Å². The van der Waals surface area contributed by atoms with Crippen molar-refractivity contribution in [3.63, 3.8) is 0 Å². The fourth-order valence-electron chi connectivity index (χ4n) is 3.63. The first kappa shape index (κ1) is 18.2. The zero-order chi connectivity index (χ0) is 20.5. The molecule has 1 fully saturated rings. The lowest BCUT2D eigenvalue weighted by atomic mass is 10.1. The molecule has 1 N–H and O–H groups in total. The number of hydrogen-bond donors (Lipinski definition) is 1. The number of ether oxygens (including phenoxy) is 1. The highest BCUT2D eigenvalue weighted by Gasteiger charge is 2.34. The Morgan fingerprint density at radius 1 is 1.27 bits per heavy atom. The molecule has 0 aliphatic carbocycles. The normalized spacial score (nSPS) is 16.4. The Labute approximate surface area is 171 Å². The van der Waals surface area contributed by atoms with Crippen molar-refractivity contribution < 1.29 is 18.5 Å². The number of carbonyl (C=O) groups excluding carboxylic acids is 1. The molecule has 4 aromatic rings. The van der Waals surface area contributed by atoms with Crippen LogP contribution in [0.2, 0.25) is 0 Å². The minimum Gasteiger partial charge on any atom is -0.496 e. The smallest absolute Gasteiger partial charge is 0.275 e. The fourth-order valence-corrected chi connectivity index (χ4v) is 3.63. The third kappa shape index (κ3) is 3.34. The number of carbonyl (C=O) groups is 1. The van der Waals surface area contributed by atoms with E-state index >= 15 is 0 Å². The summed E-state index contributed by atoms with van der Waals surface area (Å²) >= 11 is 0. The molecule has 9 heteroatoms. The molecular formula is C21H19N5O4. The number of aromatic nitrogens is 4. The van der Waals surface area contributed by atoms with Gasteiger partial charge in [0.1, 0.15) is 17.1 Å². The predicted molar refractivity (Wildman–Crippen MR) is 105 cm³/mol. The molecule has 4 heterocycles. The fraction of sp³-hybridized carbons (Fsp3) is 0.238. The number of benzene rings is 1. The molecule has 1 aliphatic rings. The van der Waals surface area contributed by atoms with E-state index in [9.17, 15) is 4.79 Å². The van der Waals surface area contributed by atoms with Gasteiger partial charge < -0.3 is 18.6 Å². The summed E-state index contributed by atoms with van der Waals surface area (Å²) < 4.78 is 16.1. The summed E-state index contributed by atoms with van der Waals surface area (Å²) in [5, 5.41) is 11.2. The Morgan fingerprint density at radius 2 is 2.17 bits per heavy atom. The highest BCUT2D eigenvalue weighted by Crippen LogP contribution is 2.31. The number of para-hydroxylation sites is 1. The van der Waals surface area contributed by atoms with Crippen molar-refractivity contribution in [3.05, 3.63) is 60.1 Å². The number of likely N-dealkylation sites (tertiary alicyclic amines) is 1. The summed E-state index contributed by atoms with van der Waals surface area (Å²) in [5.41, 5.74) is 2.20. The quantitative estimate of drug-likeness (QED) is 0.524. The molecule has 1 saturated heterocycles. The molecule has 5 rings (SSSR count). The van der Waals surface area contributed by atoms with Crippen LogP contribution in [0.4, 0.5) is 0 Å². The van der Waals surface area contributed by atoms with Crippen molar-refractivity contribution in [1.82, 2.24) is 25.2 Å². The Hall–Kier alpha value is -3.88. The van der Waals surface area contributed by atoms with Gasteiger partial charge in [0.15, 0.2) is 11.6 Å². The maximum absolute atomic E-state index is 12.5. The van der Waals surface area contributed by atoms with E-state index in [1.807, 2.05) is 30.3 Å². The minimum absolute atomic E-state index is 0.0545. The highest BCUT2D eigenvalue weighted by atomic mass is 16.5. The standard InChI is InChI=1S/C21H19N5O4/c1-28-17-6-3-2-5-13(17)11-26-12-14(9-19(26)27)20-22-21(30-25-20)16-10-15(23-24-16)18-7-4-8-29-18/h2-8,10,14H,9,11-12H2,1H3,(H,23,24). The van der Waals surface area contributed by atoms with Gasteiger partial charge >= 0.3 is 0 Å². The van der Waals surface area contributed by atoms with E-state index in [1.165, 1.54) is 0 Å². The second-order valence-corrected chi connectivity index (χ2v) is 7.09. The minimum atomic E-state index is -0.128. The molecule has 0 saturated carbocycles. The average molecular weight is 405 g/mol. The first-order valence-corrected chi connectivity index (χ1v) is 9.54. The molecule has 1 aromatic carbocycles. The molecule has 0 spiro atoms. The van der Waals surface area contributed by atoms with E-state index in [0.717, 1.165) is 11.3 Å². The predicted octanol–water partition coefficient (Wildman–Crippen LogP) is 3.24. The van der Waals surface area contributed by atoms with Gasteiger partial charge in [0, 0.05) is 37.1 Å². The SMILES string of the molecule is COc1ccccc1CN1CC(c2noc(-c3cc(-c4ccco4)n[nH]3)n2)CC1=O. The van der Waals surface area contributed by atoms with Crippen LogP contribution in [0.3, 0.4) is 0 Å². The Bertz CT molecular complexity index is 1160. The van der Waals surface area contributed by atoms with Crippen LogP contribution in [0.25, 0.3) is 23.0 Å². The van der Waals surface area contributed by atoms with Crippen LogP contribution in [0.15, 0.2) is 57.7 Å². The van der Waals surface area contributed by atoms with Crippen LogP contribution in [-0.4, -0.2) is 44.8 Å². The first-order chi connectivity index (χ1) is 14.7. The van der Waals surface area contributed by atoms with Crippen molar-refractivity contribution in [1.29, 1.82) is 0 Å². The number of aromatic amines is 1. The lowest BCUT2D eigenvalue weighted by Crippen LogP contribution is -2.24. The number of methoxy groups -OCH3 is 1. The van der Waals surface area contributed by atoms with Crippen LogP contribution in [-0.2, 0) is 11.3 Å². The summed E-state index contributed by atoms with van der Waals surface area (Å²) in [7, 11) is 1.63. The zero-order valence-electron chi connectivity index (χ0n) is 16.2. The summed E-state index contributed by atoms with van der Waals surface area (Å²) in [5.74, 6) is 2.17. The molecule has 0 bridgehead atoms. The molecule has 1 aliphatic heterocycles. The van der Waals surface area contributed by atoms with E-state index in [4.69, 9.17) is 13.7 Å². The summed E-state index contributed by atoms with van der Waals surface area (Å²) in [6, 6.07) is 13.1. The van der Waals surface area contributed by atoms with Crippen LogP contribution >= 0.6 is 0 Å². The van der Waals surface area contributed by atoms with Crippen molar-refractivity contribution in [2.75, 3.05) is 13.7 Å². The number of nitrogens with zero attached hydrogens (tertiary/aromatic N) is 4. The monoisotopic (exact) mass is 405 g/mol. The van der Waals surface area contributed by atoms with Crippen molar-refractivity contribution >= 4 is 5.91 Å². The van der Waals surface area contributed by atoms with Gasteiger partial charge in [0.05, 0.1) is 13.4 Å². The number of H-pyrrole nitrogens is 1. The van der Waals surface area contributed by atoms with Crippen molar-refractivity contribution in [3.8, 4) is 28.8 Å². The molecular weight excluding hydrogens is 386 g/mol. The van der Waals surface area contributed by atoms with Gasteiger partial charge in [-0.3, -0.25) is 9.89 Å². The number of rotatable bonds is 6. The highest BCUT2D eigenvalue weighted by molar-refractivity contribution is 5.79. The Balaban J connectivity index is 1.30. The summed E-state index contributed by atoms with van der Waals surface area (Å²) in [6.07, 6.45) is 1.93. The Morgan fingerprint density at radius 3 is 3.00 bits per heavy atom. The molecule has 1 atom stereocenters. The van der Waals surface area contributed by atoms with Crippen LogP contribution in [0, 0.1) is 0 Å². The largest absolute Gasteiger partial charge is 0.496 e. The van der Waals surface area contributed by atoms with Crippen molar-refractivity contribution in [2.45, 2.75) is 18.9 Å². The number of hydrogen-bond acceptors (Lipinski definition) is 7. The van der Waals surface area contributed by atoms with Gasteiger partial charge in [-0.25, -0.2) is 0 Å². The molecule has 0 radical (unpaired) electrons. The number of amides is 1. The third-order valence-corrected chi connectivity index (χ3v) is 5.16. The topological polar surface area (TPSA) is 110 Å². The molecule has 3 aromatic heterocycles. The van der Waals surface area contributed by atoms with Crippen LogP contribution in [0.1, 0.15) is 23.7 Å². The van der Waals surface area contributed by atoms with Gasteiger partial charge in [-0.1, -0.05) is 23.4 Å². The Kier molecular flexibility index (Phi) is 4.55. The van der Waals surface area contributed by atoms with E-state index in [1.54, 1.807) is 30.4 Å². The second-order valence-electron chi connectivity index (χ2n) is 7.09. The van der Waals surface area contributed by atoms with Gasteiger partial charge in [0.25, 0.3) is 5.89 Å². The van der Waals surface area contributed by atoms with Gasteiger partial charge in [-0.05, 0) is 18.2 Å². The van der Waals surface area contributed by atoms with Crippen LogP contribution < -0.4 is 4.74 Å². The molecule has 9 nitrogen and oxygen atoms in total. The first-order valence-electron chi connectivity index (χ1n) is 9.54. The van der Waals surface area contributed by atoms with E-state index in [-0.39, 0.29) is 11.8 Å². The maximum Gasteiger partial charge on any atom is 0.275 e. The molecule has 30 heavy (non-hydrogen) atoms. The summed E-state index contributed by atoms with van der Waals surface area (Å²) in [4.78, 5) is 18.8. The number of nitrogens with one attached hydrogen (secondary N) is 1. The van der Waals surface area contributed by atoms with Crippen molar-refractivity contribution in [2.24, 2.45) is 0 Å². The third-order valence-electron chi connectivity index (χ3n) is 5.16. The van der Waals surface area contributed by atoms with Crippen LogP contribution in [0.5, 0.6) is 5.75 Å². The second kappa shape index (κ2) is 7.51. The molecule has 1 amide bonds. The number of furan rings is 1.